The van der Waals surface area contributed by atoms with Gasteiger partial charge < -0.3 is 19.9 Å². The van der Waals surface area contributed by atoms with Crippen molar-refractivity contribution in [1.82, 2.24) is 9.88 Å². The van der Waals surface area contributed by atoms with Gasteiger partial charge >= 0.3 is 0 Å². The summed E-state index contributed by atoms with van der Waals surface area (Å²) in [7, 11) is 2.08. The molecule has 0 saturated heterocycles. The zero-order valence-corrected chi connectivity index (χ0v) is 15.3. The molecule has 0 unspecified atom stereocenters. The zero-order valence-electron chi connectivity index (χ0n) is 14.5. The van der Waals surface area contributed by atoms with Gasteiger partial charge in [0, 0.05) is 37.4 Å². The minimum atomic E-state index is -0.138. The number of nitrogens with one attached hydrogen (secondary N) is 1. The summed E-state index contributed by atoms with van der Waals surface area (Å²) in [4.78, 5) is 34.1. The lowest BCUT2D eigenvalue weighted by Crippen LogP contribution is -2.40. The van der Waals surface area contributed by atoms with E-state index in [1.807, 2.05) is 24.3 Å². The topological polar surface area (TPSA) is 74.8 Å². The van der Waals surface area contributed by atoms with Gasteiger partial charge in [0.05, 0.1) is 11.4 Å². The fourth-order valence-corrected chi connectivity index (χ4v) is 4.28. The second-order valence-electron chi connectivity index (χ2n) is 6.48. The molecule has 0 fully saturated rings. The van der Waals surface area contributed by atoms with E-state index >= 15 is 0 Å². The van der Waals surface area contributed by atoms with Crippen LogP contribution in [0.2, 0.25) is 0 Å². The molecule has 7 nitrogen and oxygen atoms in total. The van der Waals surface area contributed by atoms with Crippen LogP contribution in [-0.2, 0) is 22.6 Å². The lowest BCUT2D eigenvalue weighted by Gasteiger charge is -2.29. The molecule has 8 heteroatoms. The van der Waals surface area contributed by atoms with E-state index < -0.39 is 0 Å². The molecule has 0 spiro atoms. The summed E-state index contributed by atoms with van der Waals surface area (Å²) in [5.74, 6) is 0.398. The average molecular weight is 372 g/mol. The van der Waals surface area contributed by atoms with E-state index in [-0.39, 0.29) is 24.8 Å². The van der Waals surface area contributed by atoms with Crippen LogP contribution in [0.4, 0.5) is 10.8 Å². The Kier molecular flexibility index (Phi) is 4.60. The van der Waals surface area contributed by atoms with Gasteiger partial charge in [-0.05, 0) is 19.2 Å². The van der Waals surface area contributed by atoms with E-state index in [9.17, 15) is 9.59 Å². The largest absolute Gasteiger partial charge is 0.482 e. The van der Waals surface area contributed by atoms with Gasteiger partial charge in [0.1, 0.15) is 5.75 Å². The van der Waals surface area contributed by atoms with Gasteiger partial charge in [-0.2, -0.15) is 0 Å². The van der Waals surface area contributed by atoms with Crippen molar-refractivity contribution < 1.29 is 14.3 Å². The molecule has 1 N–H and O–H groups in total. The fraction of sp³-hybridized carbons (Fsp3) is 0.389. The van der Waals surface area contributed by atoms with E-state index in [1.165, 1.54) is 16.2 Å². The first-order valence-corrected chi connectivity index (χ1v) is 9.41. The molecular formula is C18H20N4O3S. The van der Waals surface area contributed by atoms with E-state index in [4.69, 9.17) is 4.74 Å². The van der Waals surface area contributed by atoms with Crippen molar-refractivity contribution in [2.75, 3.05) is 37.0 Å². The van der Waals surface area contributed by atoms with E-state index in [0.717, 1.165) is 25.2 Å². The molecule has 4 rings (SSSR count). The van der Waals surface area contributed by atoms with Gasteiger partial charge in [0.2, 0.25) is 5.91 Å². The molecule has 1 aromatic carbocycles. The monoisotopic (exact) mass is 372 g/mol. The number of carbonyl (C=O) groups is 2. The molecule has 2 aliphatic heterocycles. The number of amides is 2. The summed E-state index contributed by atoms with van der Waals surface area (Å²) in [6.07, 6.45) is 1.13. The van der Waals surface area contributed by atoms with Crippen LogP contribution in [0, 0.1) is 0 Å². The van der Waals surface area contributed by atoms with Crippen molar-refractivity contribution >= 4 is 34.0 Å². The Hall–Kier alpha value is -2.45. The number of hydrogen-bond acceptors (Lipinski definition) is 6. The number of para-hydroxylation sites is 2. The molecule has 26 heavy (non-hydrogen) atoms. The molecule has 2 amide bonds. The fourth-order valence-electron chi connectivity index (χ4n) is 3.17. The highest BCUT2D eigenvalue weighted by atomic mass is 32.1. The highest BCUT2D eigenvalue weighted by Crippen LogP contribution is 2.31. The SMILES string of the molecule is CN1CCc2nc(NC(=O)CCN3C(=O)COc4ccccc43)sc2C1. The summed E-state index contributed by atoms with van der Waals surface area (Å²) in [5, 5.41) is 3.52. The van der Waals surface area contributed by atoms with Gasteiger partial charge in [-0.15, -0.1) is 11.3 Å². The predicted octanol–water partition coefficient (Wildman–Crippen LogP) is 1.89. The van der Waals surface area contributed by atoms with E-state index in [2.05, 4.69) is 22.2 Å². The number of aromatic nitrogens is 1. The summed E-state index contributed by atoms with van der Waals surface area (Å²) >= 11 is 1.53. The molecule has 0 saturated carbocycles. The van der Waals surface area contributed by atoms with Crippen molar-refractivity contribution in [2.45, 2.75) is 19.4 Å². The van der Waals surface area contributed by atoms with Crippen LogP contribution < -0.4 is 15.0 Å². The van der Waals surface area contributed by atoms with Crippen LogP contribution in [0.1, 0.15) is 17.0 Å². The number of anilines is 2. The first-order valence-electron chi connectivity index (χ1n) is 8.59. The van der Waals surface area contributed by atoms with Crippen LogP contribution in [0.5, 0.6) is 5.75 Å². The highest BCUT2D eigenvalue weighted by molar-refractivity contribution is 7.15. The minimum Gasteiger partial charge on any atom is -0.482 e. The van der Waals surface area contributed by atoms with Gasteiger partial charge in [-0.3, -0.25) is 9.59 Å². The lowest BCUT2D eigenvalue weighted by molar-refractivity contribution is -0.121. The average Bonchev–Trinajstić information content (AvgIpc) is 3.02. The highest BCUT2D eigenvalue weighted by Gasteiger charge is 2.25. The minimum absolute atomic E-state index is 0.00531. The van der Waals surface area contributed by atoms with Crippen molar-refractivity contribution in [1.29, 1.82) is 0 Å². The van der Waals surface area contributed by atoms with Crippen LogP contribution in [0.3, 0.4) is 0 Å². The second-order valence-corrected chi connectivity index (χ2v) is 7.56. The Morgan fingerprint density at radius 1 is 1.38 bits per heavy atom. The van der Waals surface area contributed by atoms with E-state index in [1.54, 1.807) is 4.90 Å². The first kappa shape index (κ1) is 17.0. The maximum Gasteiger partial charge on any atom is 0.265 e. The standard InChI is InChI=1S/C18H20N4O3S/c1-21-8-6-12-15(10-21)26-18(19-12)20-16(23)7-9-22-13-4-2-3-5-14(13)25-11-17(22)24/h2-5H,6-11H2,1H3,(H,19,20,23). The van der Waals surface area contributed by atoms with Crippen LogP contribution in [0.25, 0.3) is 0 Å². The van der Waals surface area contributed by atoms with Crippen molar-refractivity contribution in [3.8, 4) is 5.75 Å². The third-order valence-corrected chi connectivity index (χ3v) is 5.54. The molecule has 0 radical (unpaired) electrons. The lowest BCUT2D eigenvalue weighted by atomic mass is 10.2. The summed E-state index contributed by atoms with van der Waals surface area (Å²) in [6.45, 7) is 2.19. The summed E-state index contributed by atoms with van der Waals surface area (Å²) in [5.41, 5.74) is 1.80. The Morgan fingerprint density at radius 3 is 3.12 bits per heavy atom. The van der Waals surface area contributed by atoms with Crippen LogP contribution >= 0.6 is 11.3 Å². The summed E-state index contributed by atoms with van der Waals surface area (Å²) < 4.78 is 5.42. The Labute approximate surface area is 155 Å². The molecule has 1 aromatic heterocycles. The number of likely N-dealkylation sites (N-methyl/N-ethyl adjacent to an activating group) is 1. The number of hydrogen-bond donors (Lipinski definition) is 1. The number of thiazole rings is 1. The molecule has 2 aliphatic rings. The second kappa shape index (κ2) is 7.05. The Bertz CT molecular complexity index is 851. The number of benzene rings is 1. The maximum absolute atomic E-state index is 12.3. The predicted molar refractivity (Wildman–Crippen MR) is 99.7 cm³/mol. The van der Waals surface area contributed by atoms with Crippen molar-refractivity contribution in [3.05, 3.63) is 34.8 Å². The quantitative estimate of drug-likeness (QED) is 0.887. The number of carbonyl (C=O) groups excluding carboxylic acids is 2. The number of ether oxygens (including phenoxy) is 1. The smallest absolute Gasteiger partial charge is 0.265 e. The molecule has 136 valence electrons. The molecule has 2 aromatic rings. The number of nitrogens with zero attached hydrogens (tertiary/aromatic N) is 3. The Balaban J connectivity index is 1.38. The molecule has 3 heterocycles. The third kappa shape index (κ3) is 3.42. The number of rotatable bonds is 4. The van der Waals surface area contributed by atoms with E-state index in [0.29, 0.717) is 23.1 Å². The van der Waals surface area contributed by atoms with Crippen LogP contribution in [0.15, 0.2) is 24.3 Å². The molecule has 0 bridgehead atoms. The summed E-state index contributed by atoms with van der Waals surface area (Å²) in [6, 6.07) is 7.37. The van der Waals surface area contributed by atoms with Gasteiger partial charge in [-0.1, -0.05) is 12.1 Å². The normalized spacial score (nSPS) is 16.7. The third-order valence-electron chi connectivity index (χ3n) is 4.54. The maximum atomic E-state index is 12.3. The molecular weight excluding hydrogens is 352 g/mol. The van der Waals surface area contributed by atoms with Crippen molar-refractivity contribution in [2.24, 2.45) is 0 Å². The van der Waals surface area contributed by atoms with Gasteiger partial charge in [0.15, 0.2) is 11.7 Å². The molecule has 0 atom stereocenters. The van der Waals surface area contributed by atoms with Gasteiger partial charge in [-0.25, -0.2) is 4.98 Å². The Morgan fingerprint density at radius 2 is 2.23 bits per heavy atom. The number of fused-ring (bicyclic) bond motifs is 2. The van der Waals surface area contributed by atoms with Crippen LogP contribution in [-0.4, -0.2) is 48.4 Å². The van der Waals surface area contributed by atoms with Gasteiger partial charge in [0.25, 0.3) is 5.91 Å². The first-order chi connectivity index (χ1) is 12.6. The van der Waals surface area contributed by atoms with Crippen molar-refractivity contribution in [3.63, 3.8) is 0 Å². The molecule has 0 aliphatic carbocycles. The zero-order chi connectivity index (χ0) is 18.1.